The van der Waals surface area contributed by atoms with Gasteiger partial charge < -0.3 is 0 Å². The van der Waals surface area contributed by atoms with Gasteiger partial charge in [-0.25, -0.2) is 0 Å². The summed E-state index contributed by atoms with van der Waals surface area (Å²) >= 11 is 3.33. The van der Waals surface area contributed by atoms with E-state index in [1.165, 1.54) is 4.01 Å². The number of hydrogen-bond donors (Lipinski definition) is 0. The first-order valence-corrected chi connectivity index (χ1v) is 5.67. The lowest BCUT2D eigenvalue weighted by Gasteiger charge is -1.76. The molecule has 0 unspecified atom stereocenters. The average Bonchev–Trinajstić information content (AvgIpc) is 2.65. The Morgan fingerprint density at radius 2 is 2.21 bits per heavy atom. The predicted octanol–water partition coefficient (Wildman–Crippen LogP) is 2.27. The standard InChI is InChI=1S/C9H4N2OS2/c12-8-3-6-5-1-2-13-9(5)14-7(6)4-10-11-8/h1-4H. The summed E-state index contributed by atoms with van der Waals surface area (Å²) < 4.78 is 2.24. The first kappa shape index (κ1) is 8.02. The summed E-state index contributed by atoms with van der Waals surface area (Å²) in [6.45, 7) is 0. The topological polar surface area (TPSA) is 42.9 Å². The van der Waals surface area contributed by atoms with Gasteiger partial charge in [0.05, 0.1) is 14.9 Å². The number of rotatable bonds is 0. The fourth-order valence-corrected chi connectivity index (χ4v) is 3.52. The highest BCUT2D eigenvalue weighted by atomic mass is 32.2. The van der Waals surface area contributed by atoms with Crippen LogP contribution in [0.25, 0.3) is 19.5 Å². The predicted molar refractivity (Wildman–Crippen MR) is 59.1 cm³/mol. The molecule has 0 saturated carbocycles. The zero-order valence-corrected chi connectivity index (χ0v) is 8.56. The minimum absolute atomic E-state index is 0.286. The lowest BCUT2D eigenvalue weighted by molar-refractivity contribution is 1.02. The Kier molecular flexibility index (Phi) is 1.62. The SMILES string of the molecule is O=c1cc2c(cnn1)sc1sccc12. The molecule has 0 N–H and O–H groups in total. The maximum absolute atomic E-state index is 11.2. The minimum Gasteiger partial charge on any atom is -0.266 e. The van der Waals surface area contributed by atoms with Gasteiger partial charge in [-0.05, 0) is 11.4 Å². The molecule has 0 fully saturated rings. The zero-order valence-electron chi connectivity index (χ0n) is 6.93. The van der Waals surface area contributed by atoms with Crippen molar-refractivity contribution >= 4 is 42.2 Å². The first-order chi connectivity index (χ1) is 6.84. The number of thiophene rings is 2. The van der Waals surface area contributed by atoms with Gasteiger partial charge in [0.25, 0.3) is 5.56 Å². The van der Waals surface area contributed by atoms with E-state index >= 15 is 0 Å². The van der Waals surface area contributed by atoms with Crippen LogP contribution in [0.1, 0.15) is 0 Å². The number of hydrogen-bond acceptors (Lipinski definition) is 5. The molecular formula is C9H4N2OS2. The van der Waals surface area contributed by atoms with Crippen molar-refractivity contribution in [2.45, 2.75) is 0 Å². The van der Waals surface area contributed by atoms with Gasteiger partial charge in [-0.3, -0.25) is 4.79 Å². The second-order valence-electron chi connectivity index (χ2n) is 2.83. The highest BCUT2D eigenvalue weighted by molar-refractivity contribution is 7.41. The van der Waals surface area contributed by atoms with Gasteiger partial charge >= 0.3 is 0 Å². The fraction of sp³-hybridized carbons (Fsp3) is 0. The molecule has 0 saturated heterocycles. The Bertz CT molecular complexity index is 671. The van der Waals surface area contributed by atoms with Crippen molar-refractivity contribution in [3.05, 3.63) is 34.1 Å². The third kappa shape index (κ3) is 1.06. The molecule has 5 heteroatoms. The van der Waals surface area contributed by atoms with Crippen molar-refractivity contribution in [3.63, 3.8) is 0 Å². The van der Waals surface area contributed by atoms with Crippen molar-refractivity contribution in [2.24, 2.45) is 0 Å². The number of fused-ring (bicyclic) bond motifs is 3. The van der Waals surface area contributed by atoms with Crippen molar-refractivity contribution in [3.8, 4) is 0 Å². The normalized spacial score (nSPS) is 11.1. The van der Waals surface area contributed by atoms with Crippen LogP contribution in [0, 0.1) is 0 Å². The summed E-state index contributed by atoms with van der Waals surface area (Å²) in [5, 5.41) is 11.3. The molecular weight excluding hydrogens is 216 g/mol. The molecule has 0 spiro atoms. The molecule has 0 atom stereocenters. The molecule has 14 heavy (non-hydrogen) atoms. The van der Waals surface area contributed by atoms with Crippen LogP contribution >= 0.6 is 22.7 Å². The minimum atomic E-state index is -0.286. The zero-order chi connectivity index (χ0) is 9.54. The van der Waals surface area contributed by atoms with E-state index in [1.54, 1.807) is 34.9 Å². The molecule has 68 valence electrons. The van der Waals surface area contributed by atoms with Crippen LogP contribution in [0.4, 0.5) is 0 Å². The van der Waals surface area contributed by atoms with E-state index in [1.807, 2.05) is 11.4 Å². The maximum atomic E-state index is 11.2. The summed E-state index contributed by atoms with van der Waals surface area (Å²) in [7, 11) is 0. The smallest absolute Gasteiger partial charge is 0.266 e. The second-order valence-corrected chi connectivity index (χ2v) is 5.06. The van der Waals surface area contributed by atoms with Crippen LogP contribution in [0.2, 0.25) is 0 Å². The van der Waals surface area contributed by atoms with E-state index < -0.39 is 0 Å². The van der Waals surface area contributed by atoms with Crippen LogP contribution in [0.3, 0.4) is 0 Å². The highest BCUT2D eigenvalue weighted by Crippen LogP contribution is 2.35. The third-order valence-corrected chi connectivity index (χ3v) is 4.18. The van der Waals surface area contributed by atoms with Crippen molar-refractivity contribution in [1.29, 1.82) is 0 Å². The van der Waals surface area contributed by atoms with Crippen molar-refractivity contribution in [2.75, 3.05) is 0 Å². The summed E-state index contributed by atoms with van der Waals surface area (Å²) in [4.78, 5) is 11.2. The van der Waals surface area contributed by atoms with Gasteiger partial charge in [0, 0.05) is 16.8 Å². The molecule has 3 aromatic rings. The summed E-state index contributed by atoms with van der Waals surface area (Å²) in [5.41, 5.74) is -0.286. The Morgan fingerprint density at radius 1 is 1.29 bits per heavy atom. The van der Waals surface area contributed by atoms with Crippen LogP contribution in [-0.4, -0.2) is 10.2 Å². The number of aromatic nitrogens is 2. The third-order valence-electron chi connectivity index (χ3n) is 1.99. The molecule has 0 aliphatic rings. The molecule has 0 amide bonds. The molecule has 0 aromatic carbocycles. The molecule has 3 heterocycles. The Balaban J connectivity index is 2.68. The fourth-order valence-electron chi connectivity index (χ4n) is 1.40. The van der Waals surface area contributed by atoms with Gasteiger partial charge in [-0.15, -0.1) is 27.8 Å². The molecule has 0 radical (unpaired) electrons. The van der Waals surface area contributed by atoms with Crippen LogP contribution in [-0.2, 0) is 0 Å². The van der Waals surface area contributed by atoms with E-state index in [9.17, 15) is 4.79 Å². The van der Waals surface area contributed by atoms with Crippen LogP contribution in [0.5, 0.6) is 0 Å². The van der Waals surface area contributed by atoms with E-state index in [4.69, 9.17) is 0 Å². The summed E-state index contributed by atoms with van der Waals surface area (Å²) in [5.74, 6) is 0. The molecule has 0 aliphatic carbocycles. The van der Waals surface area contributed by atoms with Crippen LogP contribution < -0.4 is 5.56 Å². The second kappa shape index (κ2) is 2.83. The van der Waals surface area contributed by atoms with Crippen molar-refractivity contribution in [1.82, 2.24) is 10.2 Å². The monoisotopic (exact) mass is 220 g/mol. The Labute approximate surface area is 86.7 Å². The molecule has 3 rings (SSSR count). The van der Waals surface area contributed by atoms with Gasteiger partial charge in [0.15, 0.2) is 0 Å². The average molecular weight is 220 g/mol. The van der Waals surface area contributed by atoms with E-state index in [0.717, 1.165) is 15.5 Å². The maximum Gasteiger partial charge on any atom is 0.288 e. The quantitative estimate of drug-likeness (QED) is 0.583. The lowest BCUT2D eigenvalue weighted by atomic mass is 10.3. The van der Waals surface area contributed by atoms with Crippen LogP contribution in [0.15, 0.2) is 28.5 Å². The van der Waals surface area contributed by atoms with E-state index in [-0.39, 0.29) is 5.56 Å². The first-order valence-electron chi connectivity index (χ1n) is 3.97. The molecule has 3 aromatic heterocycles. The summed E-state index contributed by atoms with van der Waals surface area (Å²) in [6.07, 6.45) is 1.65. The summed E-state index contributed by atoms with van der Waals surface area (Å²) in [6, 6.07) is 3.58. The van der Waals surface area contributed by atoms with Gasteiger partial charge in [-0.2, -0.15) is 5.10 Å². The molecule has 0 aliphatic heterocycles. The highest BCUT2D eigenvalue weighted by Gasteiger charge is 2.05. The van der Waals surface area contributed by atoms with Gasteiger partial charge in [0.1, 0.15) is 0 Å². The molecule has 0 bridgehead atoms. The Morgan fingerprint density at radius 3 is 3.14 bits per heavy atom. The largest absolute Gasteiger partial charge is 0.288 e. The van der Waals surface area contributed by atoms with Crippen molar-refractivity contribution < 1.29 is 0 Å². The lowest BCUT2D eigenvalue weighted by Crippen LogP contribution is -1.99. The number of nitrogens with zero attached hydrogens (tertiary/aromatic N) is 2. The van der Waals surface area contributed by atoms with E-state index in [2.05, 4.69) is 10.2 Å². The van der Waals surface area contributed by atoms with E-state index in [0.29, 0.717) is 0 Å². The van der Waals surface area contributed by atoms with Gasteiger partial charge in [-0.1, -0.05) is 0 Å². The molecule has 3 nitrogen and oxygen atoms in total. The van der Waals surface area contributed by atoms with Gasteiger partial charge in [0.2, 0.25) is 0 Å². The Hall–Kier alpha value is -1.33.